The van der Waals surface area contributed by atoms with Gasteiger partial charge in [0.25, 0.3) is 0 Å². The van der Waals surface area contributed by atoms with Crippen molar-refractivity contribution < 1.29 is 14.4 Å². The lowest BCUT2D eigenvalue weighted by Crippen LogP contribution is -2.30. The Labute approximate surface area is 104 Å². The Balaban J connectivity index is 2.20. The minimum Gasteiger partial charge on any atom is -0.263 e. The summed E-state index contributed by atoms with van der Waals surface area (Å²) in [6.45, 7) is 0.143. The fraction of sp³-hybridized carbons (Fsp3) is 0.222. The number of hydrogen-bond donors (Lipinski definition) is 0. The molecule has 0 atom stereocenters. The number of amides is 4. The molecule has 1 saturated heterocycles. The molecule has 4 amide bonds. The molecule has 1 aromatic heterocycles. The fourth-order valence-electron chi connectivity index (χ4n) is 1.35. The van der Waals surface area contributed by atoms with E-state index in [-0.39, 0.29) is 6.54 Å². The molecule has 0 bridgehead atoms. The second-order valence-electron chi connectivity index (χ2n) is 3.24. The monoisotopic (exact) mass is 302 g/mol. The maximum Gasteiger partial charge on any atom is 0.334 e. The molecule has 0 radical (unpaired) electrons. The van der Waals surface area contributed by atoms with Gasteiger partial charge in [0.2, 0.25) is 0 Å². The standard InChI is InChI=1S/C9H7BrN2O3S/c1-11-7(13)8(14)12(9(11)15)4-5-2-3-6(10)16-5/h2-3H,4H2,1H3. The van der Waals surface area contributed by atoms with E-state index in [1.807, 2.05) is 6.07 Å². The molecule has 84 valence electrons. The summed E-state index contributed by atoms with van der Waals surface area (Å²) in [6.07, 6.45) is 0. The van der Waals surface area contributed by atoms with Crippen LogP contribution in [0.15, 0.2) is 15.9 Å². The summed E-state index contributed by atoms with van der Waals surface area (Å²) in [5.74, 6) is -1.54. The number of thiophene rings is 1. The van der Waals surface area contributed by atoms with Crippen molar-refractivity contribution in [3.05, 3.63) is 20.8 Å². The Morgan fingerprint density at radius 2 is 1.94 bits per heavy atom. The van der Waals surface area contributed by atoms with E-state index in [2.05, 4.69) is 15.9 Å². The molecule has 2 rings (SSSR count). The maximum atomic E-state index is 11.5. The summed E-state index contributed by atoms with van der Waals surface area (Å²) in [5, 5.41) is 0. The van der Waals surface area contributed by atoms with E-state index < -0.39 is 17.8 Å². The van der Waals surface area contributed by atoms with Crippen LogP contribution in [0.1, 0.15) is 4.88 Å². The van der Waals surface area contributed by atoms with Crippen molar-refractivity contribution in [1.29, 1.82) is 0 Å². The number of imide groups is 2. The second-order valence-corrected chi connectivity index (χ2v) is 5.79. The van der Waals surface area contributed by atoms with Crippen LogP contribution in [0, 0.1) is 0 Å². The Hall–Kier alpha value is -1.21. The van der Waals surface area contributed by atoms with Crippen LogP contribution in [0.25, 0.3) is 0 Å². The lowest BCUT2D eigenvalue weighted by atomic mass is 10.4. The average molecular weight is 303 g/mol. The van der Waals surface area contributed by atoms with Gasteiger partial charge >= 0.3 is 17.8 Å². The number of urea groups is 1. The van der Waals surface area contributed by atoms with Gasteiger partial charge < -0.3 is 0 Å². The Morgan fingerprint density at radius 3 is 2.38 bits per heavy atom. The van der Waals surface area contributed by atoms with E-state index in [1.54, 1.807) is 6.07 Å². The van der Waals surface area contributed by atoms with E-state index in [0.29, 0.717) is 0 Å². The van der Waals surface area contributed by atoms with Crippen LogP contribution in [0.2, 0.25) is 0 Å². The summed E-state index contributed by atoms with van der Waals surface area (Å²) >= 11 is 4.71. The van der Waals surface area contributed by atoms with Gasteiger partial charge in [-0.2, -0.15) is 0 Å². The predicted molar refractivity (Wildman–Crippen MR) is 60.7 cm³/mol. The summed E-state index contributed by atoms with van der Waals surface area (Å²) in [4.78, 5) is 36.8. The molecule has 5 nitrogen and oxygen atoms in total. The molecule has 0 spiro atoms. The van der Waals surface area contributed by atoms with Gasteiger partial charge in [0.1, 0.15) is 0 Å². The van der Waals surface area contributed by atoms with Crippen LogP contribution in [-0.2, 0) is 16.1 Å². The highest BCUT2D eigenvalue weighted by Crippen LogP contribution is 2.24. The molecule has 16 heavy (non-hydrogen) atoms. The fourth-order valence-corrected chi connectivity index (χ4v) is 2.82. The molecular weight excluding hydrogens is 296 g/mol. The zero-order valence-corrected chi connectivity index (χ0v) is 10.7. The van der Waals surface area contributed by atoms with Gasteiger partial charge in [-0.05, 0) is 28.1 Å². The molecule has 7 heteroatoms. The molecule has 0 aromatic carbocycles. The summed E-state index contributed by atoms with van der Waals surface area (Å²) < 4.78 is 0.918. The quantitative estimate of drug-likeness (QED) is 0.613. The molecular formula is C9H7BrN2O3S. The van der Waals surface area contributed by atoms with Gasteiger partial charge in [0.05, 0.1) is 10.3 Å². The van der Waals surface area contributed by atoms with E-state index >= 15 is 0 Å². The van der Waals surface area contributed by atoms with Crippen LogP contribution < -0.4 is 0 Å². The number of likely N-dealkylation sites (N-methyl/N-ethyl adjacent to an activating group) is 1. The first kappa shape index (κ1) is 11.3. The number of halogens is 1. The highest BCUT2D eigenvalue weighted by Gasteiger charge is 2.42. The van der Waals surface area contributed by atoms with Crippen LogP contribution in [0.5, 0.6) is 0 Å². The maximum absolute atomic E-state index is 11.5. The minimum absolute atomic E-state index is 0.143. The Morgan fingerprint density at radius 1 is 1.25 bits per heavy atom. The van der Waals surface area contributed by atoms with Gasteiger partial charge in [-0.3, -0.25) is 19.4 Å². The number of hydrogen-bond acceptors (Lipinski definition) is 4. The van der Waals surface area contributed by atoms with Gasteiger partial charge in [-0.15, -0.1) is 11.3 Å². The molecule has 1 aliphatic rings. The Kier molecular flexibility index (Phi) is 2.81. The lowest BCUT2D eigenvalue weighted by molar-refractivity contribution is -0.143. The molecule has 2 heterocycles. The van der Waals surface area contributed by atoms with Crippen molar-refractivity contribution in [2.24, 2.45) is 0 Å². The van der Waals surface area contributed by atoms with E-state index in [4.69, 9.17) is 0 Å². The number of carbonyl (C=O) groups is 3. The predicted octanol–water partition coefficient (Wildman–Crippen LogP) is 1.43. The smallest absolute Gasteiger partial charge is 0.263 e. The van der Waals surface area contributed by atoms with Crippen molar-refractivity contribution in [3.8, 4) is 0 Å². The van der Waals surface area contributed by atoms with Gasteiger partial charge in [-0.1, -0.05) is 0 Å². The Bertz CT molecular complexity index is 485. The zero-order valence-electron chi connectivity index (χ0n) is 8.27. The third kappa shape index (κ3) is 1.76. The van der Waals surface area contributed by atoms with Crippen molar-refractivity contribution in [2.45, 2.75) is 6.54 Å². The third-order valence-corrected chi connectivity index (χ3v) is 3.80. The first-order chi connectivity index (χ1) is 7.50. The topological polar surface area (TPSA) is 57.7 Å². The van der Waals surface area contributed by atoms with E-state index in [9.17, 15) is 14.4 Å². The zero-order chi connectivity index (χ0) is 11.9. The molecule has 0 saturated carbocycles. The molecule has 1 aromatic rings. The van der Waals surface area contributed by atoms with Crippen LogP contribution in [-0.4, -0.2) is 34.7 Å². The first-order valence-corrected chi connectivity index (χ1v) is 5.99. The van der Waals surface area contributed by atoms with Gasteiger partial charge in [-0.25, -0.2) is 4.79 Å². The summed E-state index contributed by atoms with van der Waals surface area (Å²) in [5.41, 5.74) is 0. The largest absolute Gasteiger partial charge is 0.334 e. The molecule has 0 N–H and O–H groups in total. The lowest BCUT2D eigenvalue weighted by Gasteiger charge is -2.10. The SMILES string of the molecule is CN1C(=O)C(=O)N(Cc2ccc(Br)s2)C1=O. The van der Waals surface area contributed by atoms with Crippen LogP contribution in [0.3, 0.4) is 0 Å². The molecule has 1 fully saturated rings. The summed E-state index contributed by atoms with van der Waals surface area (Å²) in [6, 6.07) is 3.06. The molecule has 0 aliphatic carbocycles. The van der Waals surface area contributed by atoms with Crippen molar-refractivity contribution >= 4 is 45.1 Å². The van der Waals surface area contributed by atoms with E-state index in [0.717, 1.165) is 18.5 Å². The highest BCUT2D eigenvalue weighted by molar-refractivity contribution is 9.11. The van der Waals surface area contributed by atoms with Crippen LogP contribution >= 0.6 is 27.3 Å². The normalized spacial score (nSPS) is 16.5. The van der Waals surface area contributed by atoms with Gasteiger partial charge in [0, 0.05) is 11.9 Å². The van der Waals surface area contributed by atoms with Crippen molar-refractivity contribution in [2.75, 3.05) is 7.05 Å². The third-order valence-electron chi connectivity index (χ3n) is 2.19. The number of rotatable bonds is 2. The second kappa shape index (κ2) is 3.99. The number of nitrogens with zero attached hydrogens (tertiary/aromatic N) is 2. The van der Waals surface area contributed by atoms with Crippen molar-refractivity contribution in [1.82, 2.24) is 9.80 Å². The average Bonchev–Trinajstić information content (AvgIpc) is 2.73. The van der Waals surface area contributed by atoms with Crippen LogP contribution in [0.4, 0.5) is 4.79 Å². The molecule has 1 aliphatic heterocycles. The highest BCUT2D eigenvalue weighted by atomic mass is 79.9. The van der Waals surface area contributed by atoms with Gasteiger partial charge in [0.15, 0.2) is 0 Å². The van der Waals surface area contributed by atoms with E-state index in [1.165, 1.54) is 18.4 Å². The summed E-state index contributed by atoms with van der Waals surface area (Å²) in [7, 11) is 1.30. The van der Waals surface area contributed by atoms with Crippen molar-refractivity contribution in [3.63, 3.8) is 0 Å². The molecule has 0 unspecified atom stereocenters. The minimum atomic E-state index is -0.777. The first-order valence-electron chi connectivity index (χ1n) is 4.38. The number of carbonyl (C=O) groups excluding carboxylic acids is 3.